The largest absolute Gasteiger partial charge is 0.495 e. The Morgan fingerprint density at radius 1 is 0.907 bits per heavy atom. The summed E-state index contributed by atoms with van der Waals surface area (Å²) in [5, 5.41) is 3.03. The predicted octanol–water partition coefficient (Wildman–Crippen LogP) is 4.81. The molecule has 2 amide bonds. The maximum absolute atomic E-state index is 14.3. The molecule has 0 aliphatic heterocycles. The molecule has 0 bridgehead atoms. The highest BCUT2D eigenvalue weighted by atomic mass is 35.5. The number of methoxy groups -OCH3 is 3. The number of carbonyl (C=O) groups excluding carboxylic acids is 2. The van der Waals surface area contributed by atoms with Crippen LogP contribution in [-0.4, -0.2) is 65.6 Å². The number of likely N-dealkylation sites (N-methyl/N-ethyl adjacent to an activating group) is 1. The van der Waals surface area contributed by atoms with Gasteiger partial charge in [-0.05, 0) is 56.2 Å². The van der Waals surface area contributed by atoms with Gasteiger partial charge in [-0.3, -0.25) is 13.9 Å². The van der Waals surface area contributed by atoms with Gasteiger partial charge < -0.3 is 24.4 Å². The van der Waals surface area contributed by atoms with E-state index in [2.05, 4.69) is 5.32 Å². The van der Waals surface area contributed by atoms with Crippen LogP contribution < -0.4 is 23.8 Å². The molecule has 1 unspecified atom stereocenters. The fourth-order valence-corrected chi connectivity index (χ4v) is 6.29. The summed E-state index contributed by atoms with van der Waals surface area (Å²) in [6.07, 6.45) is 0.312. The molecule has 0 aromatic heterocycles. The molecule has 0 saturated heterocycles. The van der Waals surface area contributed by atoms with Crippen LogP contribution in [0, 0.1) is 6.92 Å². The van der Waals surface area contributed by atoms with E-state index < -0.39 is 28.5 Å². The Labute approximate surface area is 258 Å². The summed E-state index contributed by atoms with van der Waals surface area (Å²) in [5.74, 6) is -0.216. The fourth-order valence-electron chi connectivity index (χ4n) is 4.69. The number of nitrogens with one attached hydrogen (secondary N) is 1. The van der Waals surface area contributed by atoms with Crippen molar-refractivity contribution in [1.29, 1.82) is 0 Å². The highest BCUT2D eigenvalue weighted by molar-refractivity contribution is 7.92. The van der Waals surface area contributed by atoms with Crippen LogP contribution in [0.15, 0.2) is 65.6 Å². The van der Waals surface area contributed by atoms with Crippen molar-refractivity contribution in [3.63, 3.8) is 0 Å². The van der Waals surface area contributed by atoms with Gasteiger partial charge in [-0.1, -0.05) is 48.4 Å². The second-order valence-corrected chi connectivity index (χ2v) is 12.0. The minimum absolute atomic E-state index is 0.0553. The topological polar surface area (TPSA) is 114 Å². The molecule has 0 radical (unpaired) electrons. The highest BCUT2D eigenvalue weighted by Gasteiger charge is 2.35. The third-order valence-electron chi connectivity index (χ3n) is 6.80. The lowest BCUT2D eigenvalue weighted by Crippen LogP contribution is -2.52. The lowest BCUT2D eigenvalue weighted by Gasteiger charge is -2.33. The zero-order valence-electron chi connectivity index (χ0n) is 25.2. The van der Waals surface area contributed by atoms with E-state index in [1.54, 1.807) is 19.9 Å². The van der Waals surface area contributed by atoms with Crippen molar-refractivity contribution in [3.05, 3.63) is 76.8 Å². The van der Waals surface area contributed by atoms with Crippen LogP contribution in [0.3, 0.4) is 0 Å². The van der Waals surface area contributed by atoms with E-state index in [-0.39, 0.29) is 39.6 Å². The Balaban J connectivity index is 2.18. The standard InChI is InChI=1S/C31H38ClN3O7S/c1-7-25(31(37)33-8-2)34(19-22-11-9-10-21(3)16-22)30(36)20-35(26-17-23(32)12-14-27(26)40-4)43(38,39)24-13-15-28(41-5)29(18-24)42-6/h9-18,25H,7-8,19-20H2,1-6H3,(H,33,37). The van der Waals surface area contributed by atoms with Gasteiger partial charge in [0.1, 0.15) is 18.3 Å². The second-order valence-electron chi connectivity index (χ2n) is 9.67. The second kappa shape index (κ2) is 15.0. The van der Waals surface area contributed by atoms with E-state index >= 15 is 0 Å². The minimum atomic E-state index is -4.42. The predicted molar refractivity (Wildman–Crippen MR) is 167 cm³/mol. The summed E-state index contributed by atoms with van der Waals surface area (Å²) in [5.41, 5.74) is 1.84. The minimum Gasteiger partial charge on any atom is -0.495 e. The number of carbonyl (C=O) groups is 2. The number of aryl methyl sites for hydroxylation is 1. The molecule has 3 aromatic carbocycles. The molecule has 0 heterocycles. The molecular formula is C31H38ClN3O7S. The van der Waals surface area contributed by atoms with Gasteiger partial charge in [-0.25, -0.2) is 8.42 Å². The van der Waals surface area contributed by atoms with Crippen LogP contribution >= 0.6 is 11.6 Å². The monoisotopic (exact) mass is 631 g/mol. The summed E-state index contributed by atoms with van der Waals surface area (Å²) >= 11 is 6.31. The molecule has 10 nitrogen and oxygen atoms in total. The first-order valence-electron chi connectivity index (χ1n) is 13.7. The van der Waals surface area contributed by atoms with E-state index in [1.807, 2.05) is 31.2 Å². The molecule has 0 fully saturated rings. The normalized spacial score (nSPS) is 11.8. The molecule has 232 valence electrons. The van der Waals surface area contributed by atoms with Crippen molar-refractivity contribution < 1.29 is 32.2 Å². The number of hydrogen-bond donors (Lipinski definition) is 1. The van der Waals surface area contributed by atoms with Crippen LogP contribution in [0.4, 0.5) is 5.69 Å². The van der Waals surface area contributed by atoms with Gasteiger partial charge in [0.25, 0.3) is 10.0 Å². The third kappa shape index (κ3) is 7.91. The molecule has 0 aliphatic carbocycles. The van der Waals surface area contributed by atoms with E-state index in [4.69, 9.17) is 25.8 Å². The third-order valence-corrected chi connectivity index (χ3v) is 8.79. The average molecular weight is 632 g/mol. The summed E-state index contributed by atoms with van der Waals surface area (Å²) in [6.45, 7) is 5.35. The molecule has 1 N–H and O–H groups in total. The lowest BCUT2D eigenvalue weighted by atomic mass is 10.1. The van der Waals surface area contributed by atoms with Crippen molar-refractivity contribution in [3.8, 4) is 17.2 Å². The van der Waals surface area contributed by atoms with Gasteiger partial charge in [0, 0.05) is 24.2 Å². The van der Waals surface area contributed by atoms with Crippen LogP contribution in [0.2, 0.25) is 5.02 Å². The van der Waals surface area contributed by atoms with E-state index in [0.717, 1.165) is 15.4 Å². The van der Waals surface area contributed by atoms with Gasteiger partial charge in [-0.2, -0.15) is 0 Å². The number of nitrogens with zero attached hydrogens (tertiary/aromatic N) is 2. The number of benzene rings is 3. The Kier molecular flexibility index (Phi) is 11.7. The molecule has 43 heavy (non-hydrogen) atoms. The first-order valence-corrected chi connectivity index (χ1v) is 15.5. The summed E-state index contributed by atoms with van der Waals surface area (Å²) in [6, 6.07) is 15.4. The Bertz CT molecular complexity index is 1550. The first-order chi connectivity index (χ1) is 20.5. The molecule has 0 saturated carbocycles. The summed E-state index contributed by atoms with van der Waals surface area (Å²) in [4.78, 5) is 28.6. The maximum Gasteiger partial charge on any atom is 0.265 e. The van der Waals surface area contributed by atoms with E-state index in [0.29, 0.717) is 18.7 Å². The molecule has 3 aromatic rings. The zero-order chi connectivity index (χ0) is 31.7. The quantitative estimate of drug-likeness (QED) is 0.271. The van der Waals surface area contributed by atoms with Crippen molar-refractivity contribution >= 4 is 39.1 Å². The van der Waals surface area contributed by atoms with Crippen molar-refractivity contribution in [2.24, 2.45) is 0 Å². The van der Waals surface area contributed by atoms with Gasteiger partial charge in [0.15, 0.2) is 11.5 Å². The fraction of sp³-hybridized carbons (Fsp3) is 0.355. The zero-order valence-corrected chi connectivity index (χ0v) is 26.8. The number of hydrogen-bond acceptors (Lipinski definition) is 7. The number of rotatable bonds is 14. The van der Waals surface area contributed by atoms with E-state index in [9.17, 15) is 18.0 Å². The highest BCUT2D eigenvalue weighted by Crippen LogP contribution is 2.37. The van der Waals surface area contributed by atoms with Crippen LogP contribution in [-0.2, 0) is 26.2 Å². The van der Waals surface area contributed by atoms with Crippen molar-refractivity contribution in [1.82, 2.24) is 10.2 Å². The van der Waals surface area contributed by atoms with Gasteiger partial charge >= 0.3 is 0 Å². The first kappa shape index (κ1) is 33.5. The van der Waals surface area contributed by atoms with Crippen LogP contribution in [0.5, 0.6) is 17.2 Å². The molecular weight excluding hydrogens is 594 g/mol. The SMILES string of the molecule is CCNC(=O)C(CC)N(Cc1cccc(C)c1)C(=O)CN(c1cc(Cl)ccc1OC)S(=O)(=O)c1ccc(OC)c(OC)c1. The molecule has 0 aliphatic rings. The smallest absolute Gasteiger partial charge is 0.265 e. The molecule has 3 rings (SSSR count). The van der Waals surface area contributed by atoms with Crippen LogP contribution in [0.25, 0.3) is 0 Å². The Morgan fingerprint density at radius 3 is 2.19 bits per heavy atom. The van der Waals surface area contributed by atoms with E-state index in [1.165, 1.54) is 56.6 Å². The number of halogens is 1. The van der Waals surface area contributed by atoms with Crippen molar-refractivity contribution in [2.45, 2.75) is 44.7 Å². The number of amides is 2. The van der Waals surface area contributed by atoms with Gasteiger partial charge in [0.2, 0.25) is 11.8 Å². The number of sulfonamides is 1. The van der Waals surface area contributed by atoms with Crippen molar-refractivity contribution in [2.75, 3.05) is 38.7 Å². The Morgan fingerprint density at radius 2 is 1.58 bits per heavy atom. The molecule has 12 heteroatoms. The molecule has 1 atom stereocenters. The summed E-state index contributed by atoms with van der Waals surface area (Å²) < 4.78 is 45.6. The molecule has 0 spiro atoms. The lowest BCUT2D eigenvalue weighted by molar-refractivity contribution is -0.140. The van der Waals surface area contributed by atoms with Crippen LogP contribution in [0.1, 0.15) is 31.4 Å². The number of anilines is 1. The van der Waals surface area contributed by atoms with Gasteiger partial charge in [0.05, 0.1) is 31.9 Å². The van der Waals surface area contributed by atoms with Gasteiger partial charge in [-0.15, -0.1) is 0 Å². The maximum atomic E-state index is 14.3. The number of ether oxygens (including phenoxy) is 3. The summed E-state index contributed by atoms with van der Waals surface area (Å²) in [7, 11) is -0.196. The average Bonchev–Trinajstić information content (AvgIpc) is 2.99. The Hall–Kier alpha value is -3.96.